The van der Waals surface area contributed by atoms with E-state index in [9.17, 15) is 9.59 Å². The van der Waals surface area contributed by atoms with E-state index >= 15 is 0 Å². The lowest BCUT2D eigenvalue weighted by molar-refractivity contribution is 0.0951. The molecule has 4 rings (SSSR count). The third-order valence-corrected chi connectivity index (χ3v) is 5.87. The molecule has 2 N–H and O–H groups in total. The van der Waals surface area contributed by atoms with Crippen LogP contribution in [0.2, 0.25) is 0 Å². The molecular weight excluding hydrogens is 410 g/mol. The number of aromatic nitrogens is 2. The minimum atomic E-state index is -0.205. The molecule has 158 valence electrons. The molecule has 2 aromatic heterocycles. The van der Waals surface area contributed by atoms with Gasteiger partial charge in [0.25, 0.3) is 5.91 Å². The monoisotopic (exact) mass is 433 g/mol. The van der Waals surface area contributed by atoms with Crippen LogP contribution in [0.3, 0.4) is 0 Å². The number of aryl methyl sites for hydroxylation is 2. The maximum atomic E-state index is 12.9. The third kappa shape index (κ3) is 4.86. The fourth-order valence-electron chi connectivity index (χ4n) is 3.46. The highest BCUT2D eigenvalue weighted by Gasteiger charge is 2.26. The predicted molar refractivity (Wildman–Crippen MR) is 123 cm³/mol. The van der Waals surface area contributed by atoms with Crippen LogP contribution in [0.15, 0.2) is 59.9 Å². The number of amides is 3. The first-order valence-electron chi connectivity index (χ1n) is 9.98. The second-order valence-electron chi connectivity index (χ2n) is 7.29. The first-order chi connectivity index (χ1) is 15.0. The fraction of sp³-hybridized carbons (Fsp3) is 0.217. The lowest BCUT2D eigenvalue weighted by atomic mass is 10.2. The van der Waals surface area contributed by atoms with E-state index in [1.54, 1.807) is 53.3 Å². The maximum absolute atomic E-state index is 12.9. The molecule has 8 heteroatoms. The first-order valence-corrected chi connectivity index (χ1v) is 11.0. The Labute approximate surface area is 185 Å². The van der Waals surface area contributed by atoms with Gasteiger partial charge in [-0.05, 0) is 61.4 Å². The Hall–Kier alpha value is -3.39. The average Bonchev–Trinajstić information content (AvgIpc) is 2.78. The molecular formula is C23H23N5O2S. The molecule has 0 unspecified atom stereocenters. The number of hydrogen-bond acceptors (Lipinski definition) is 5. The molecule has 7 nitrogen and oxygen atoms in total. The molecule has 0 bridgehead atoms. The van der Waals surface area contributed by atoms with Crippen LogP contribution in [0.5, 0.6) is 0 Å². The van der Waals surface area contributed by atoms with Crippen molar-refractivity contribution < 1.29 is 9.59 Å². The Morgan fingerprint density at radius 1 is 1.16 bits per heavy atom. The van der Waals surface area contributed by atoms with Gasteiger partial charge in [0.15, 0.2) is 0 Å². The Morgan fingerprint density at radius 3 is 2.71 bits per heavy atom. The molecule has 0 radical (unpaired) electrons. The molecule has 1 aliphatic heterocycles. The van der Waals surface area contributed by atoms with Crippen molar-refractivity contribution in [1.29, 1.82) is 0 Å². The lowest BCUT2D eigenvalue weighted by Gasteiger charge is -2.30. The maximum Gasteiger partial charge on any atom is 0.326 e. The van der Waals surface area contributed by atoms with E-state index in [1.807, 2.05) is 32.0 Å². The first kappa shape index (κ1) is 20.9. The summed E-state index contributed by atoms with van der Waals surface area (Å²) in [5.74, 6) is 0.618. The van der Waals surface area contributed by atoms with Crippen molar-refractivity contribution in [2.24, 2.45) is 0 Å². The standard InChI is InChI=1S/C23H23N5O2S/c1-15-12-16(2)26-22-20(15)28(10-11-31-22)23(30)27-19-7-5-18(6-8-19)21(29)25-14-17-4-3-9-24-13-17/h3-9,12-13H,10-11,14H2,1-2H3,(H,25,29)(H,27,30). The Kier molecular flexibility index (Phi) is 6.18. The summed E-state index contributed by atoms with van der Waals surface area (Å²) in [6.07, 6.45) is 3.41. The van der Waals surface area contributed by atoms with Gasteiger partial charge in [0.1, 0.15) is 5.03 Å². The topological polar surface area (TPSA) is 87.2 Å². The van der Waals surface area contributed by atoms with Crippen LogP contribution in [0.1, 0.15) is 27.2 Å². The van der Waals surface area contributed by atoms with Gasteiger partial charge in [0.05, 0.1) is 5.69 Å². The smallest absolute Gasteiger partial charge is 0.326 e. The number of carbonyl (C=O) groups is 2. The van der Waals surface area contributed by atoms with E-state index in [2.05, 4.69) is 20.6 Å². The molecule has 3 heterocycles. The number of rotatable bonds is 4. The van der Waals surface area contributed by atoms with E-state index in [0.717, 1.165) is 33.3 Å². The summed E-state index contributed by atoms with van der Waals surface area (Å²) < 4.78 is 0. The van der Waals surface area contributed by atoms with Gasteiger partial charge >= 0.3 is 6.03 Å². The van der Waals surface area contributed by atoms with Gasteiger partial charge < -0.3 is 10.6 Å². The number of fused-ring (bicyclic) bond motifs is 1. The van der Waals surface area contributed by atoms with Gasteiger partial charge in [0.2, 0.25) is 0 Å². The Morgan fingerprint density at radius 2 is 1.97 bits per heavy atom. The van der Waals surface area contributed by atoms with E-state index in [0.29, 0.717) is 24.3 Å². The summed E-state index contributed by atoms with van der Waals surface area (Å²) >= 11 is 1.67. The van der Waals surface area contributed by atoms with Crippen LogP contribution in [-0.2, 0) is 6.54 Å². The van der Waals surface area contributed by atoms with Gasteiger partial charge in [-0.15, -0.1) is 11.8 Å². The molecule has 31 heavy (non-hydrogen) atoms. The van der Waals surface area contributed by atoms with Crippen LogP contribution in [0.25, 0.3) is 0 Å². The van der Waals surface area contributed by atoms with Crippen molar-refractivity contribution in [2.45, 2.75) is 25.4 Å². The van der Waals surface area contributed by atoms with E-state index < -0.39 is 0 Å². The number of carbonyl (C=O) groups excluding carboxylic acids is 2. The van der Waals surface area contributed by atoms with Crippen LogP contribution < -0.4 is 15.5 Å². The minimum Gasteiger partial charge on any atom is -0.348 e. The van der Waals surface area contributed by atoms with Gasteiger partial charge in [-0.2, -0.15) is 0 Å². The summed E-state index contributed by atoms with van der Waals surface area (Å²) in [5.41, 5.74) is 4.93. The SMILES string of the molecule is Cc1cc(C)c2c(n1)SCCN2C(=O)Nc1ccc(C(=O)NCc2cccnc2)cc1. The zero-order valence-electron chi connectivity index (χ0n) is 17.4. The summed E-state index contributed by atoms with van der Waals surface area (Å²) in [6, 6.07) is 12.4. The largest absolute Gasteiger partial charge is 0.348 e. The molecule has 3 amide bonds. The molecule has 3 aromatic rings. The van der Waals surface area contributed by atoms with Crippen molar-refractivity contribution in [3.8, 4) is 0 Å². The second-order valence-corrected chi connectivity index (χ2v) is 8.37. The number of pyridine rings is 2. The van der Waals surface area contributed by atoms with Crippen molar-refractivity contribution in [3.05, 3.63) is 77.2 Å². The second kappa shape index (κ2) is 9.18. The van der Waals surface area contributed by atoms with Crippen LogP contribution in [0, 0.1) is 13.8 Å². The number of benzene rings is 1. The molecule has 1 aromatic carbocycles. The molecule has 0 saturated heterocycles. The number of urea groups is 1. The van der Waals surface area contributed by atoms with Crippen LogP contribution in [0.4, 0.5) is 16.2 Å². The molecule has 0 atom stereocenters. The van der Waals surface area contributed by atoms with Crippen LogP contribution >= 0.6 is 11.8 Å². The number of hydrogen-bond donors (Lipinski definition) is 2. The van der Waals surface area contributed by atoms with Gasteiger partial charge in [-0.3, -0.25) is 14.7 Å². The fourth-order valence-corrected chi connectivity index (χ4v) is 4.54. The third-order valence-electron chi connectivity index (χ3n) is 4.92. The van der Waals surface area contributed by atoms with Crippen LogP contribution in [-0.4, -0.2) is 34.2 Å². The number of nitrogens with zero attached hydrogens (tertiary/aromatic N) is 3. The minimum absolute atomic E-state index is 0.180. The van der Waals surface area contributed by atoms with Gasteiger partial charge in [-0.1, -0.05) is 6.07 Å². The Bertz CT molecular complexity index is 1100. The highest BCUT2D eigenvalue weighted by Crippen LogP contribution is 2.36. The van der Waals surface area contributed by atoms with Crippen molar-refractivity contribution in [3.63, 3.8) is 0 Å². The zero-order valence-corrected chi connectivity index (χ0v) is 18.2. The lowest BCUT2D eigenvalue weighted by Crippen LogP contribution is -2.39. The number of thioether (sulfide) groups is 1. The number of nitrogens with one attached hydrogen (secondary N) is 2. The van der Waals surface area contributed by atoms with Gasteiger partial charge in [0, 0.05) is 48.2 Å². The molecule has 0 spiro atoms. The predicted octanol–water partition coefficient (Wildman–Crippen LogP) is 4.17. The van der Waals surface area contributed by atoms with Crippen molar-refractivity contribution in [2.75, 3.05) is 22.5 Å². The zero-order chi connectivity index (χ0) is 21.8. The summed E-state index contributed by atoms with van der Waals surface area (Å²) in [5, 5.41) is 6.68. The molecule has 1 aliphatic rings. The van der Waals surface area contributed by atoms with Crippen molar-refractivity contribution in [1.82, 2.24) is 15.3 Å². The average molecular weight is 434 g/mol. The molecule has 0 aliphatic carbocycles. The van der Waals surface area contributed by atoms with Crippen molar-refractivity contribution >= 4 is 35.1 Å². The highest BCUT2D eigenvalue weighted by molar-refractivity contribution is 7.99. The molecule has 0 saturated carbocycles. The quantitative estimate of drug-likeness (QED) is 0.645. The normalized spacial score (nSPS) is 12.8. The van der Waals surface area contributed by atoms with Gasteiger partial charge in [-0.25, -0.2) is 9.78 Å². The summed E-state index contributed by atoms with van der Waals surface area (Å²) in [4.78, 5) is 35.7. The van der Waals surface area contributed by atoms with E-state index in [4.69, 9.17) is 0 Å². The van der Waals surface area contributed by atoms with E-state index in [-0.39, 0.29) is 11.9 Å². The summed E-state index contributed by atoms with van der Waals surface area (Å²) in [7, 11) is 0. The van der Waals surface area contributed by atoms with E-state index in [1.165, 1.54) is 0 Å². The number of anilines is 2. The summed E-state index contributed by atoms with van der Waals surface area (Å²) in [6.45, 7) is 4.98. The molecule has 0 fully saturated rings. The Balaban J connectivity index is 1.41. The highest BCUT2D eigenvalue weighted by atomic mass is 32.2.